The largest absolute Gasteiger partial charge is 0.391 e. The number of halogens is 1. The van der Waals surface area contributed by atoms with E-state index >= 15 is 0 Å². The molecule has 0 saturated heterocycles. The van der Waals surface area contributed by atoms with E-state index in [1.165, 1.54) is 12.1 Å². The van der Waals surface area contributed by atoms with Gasteiger partial charge in [-0.3, -0.25) is 4.79 Å². The van der Waals surface area contributed by atoms with Gasteiger partial charge in [0.05, 0.1) is 6.10 Å². The maximum Gasteiger partial charge on any atom is 0.220 e. The second-order valence-corrected chi connectivity index (χ2v) is 4.89. The van der Waals surface area contributed by atoms with E-state index in [1.54, 1.807) is 12.1 Å². The summed E-state index contributed by atoms with van der Waals surface area (Å²) in [6.45, 7) is 4.22. The van der Waals surface area contributed by atoms with E-state index in [4.69, 9.17) is 0 Å². The minimum absolute atomic E-state index is 0.119. The SMILES string of the molecule is CCC(C)C(O)CNC(=O)CCc1cccc(F)c1. The van der Waals surface area contributed by atoms with Gasteiger partial charge in [0, 0.05) is 13.0 Å². The molecule has 0 aliphatic heterocycles. The van der Waals surface area contributed by atoms with Gasteiger partial charge in [-0.05, 0) is 30.0 Å². The number of rotatable bonds is 7. The molecule has 3 nitrogen and oxygen atoms in total. The highest BCUT2D eigenvalue weighted by Gasteiger charge is 2.13. The fourth-order valence-electron chi connectivity index (χ4n) is 1.73. The molecule has 0 fully saturated rings. The maximum absolute atomic E-state index is 12.9. The third-order valence-electron chi connectivity index (χ3n) is 3.34. The van der Waals surface area contributed by atoms with E-state index < -0.39 is 6.10 Å². The Bertz CT molecular complexity index is 409. The number of aliphatic hydroxyl groups excluding tert-OH is 1. The van der Waals surface area contributed by atoms with Gasteiger partial charge in [0.2, 0.25) is 5.91 Å². The lowest BCUT2D eigenvalue weighted by atomic mass is 10.0. The highest BCUT2D eigenvalue weighted by molar-refractivity contribution is 5.76. The summed E-state index contributed by atoms with van der Waals surface area (Å²) in [6, 6.07) is 6.24. The summed E-state index contributed by atoms with van der Waals surface area (Å²) < 4.78 is 12.9. The molecule has 0 radical (unpaired) electrons. The van der Waals surface area contributed by atoms with Crippen molar-refractivity contribution in [3.63, 3.8) is 0 Å². The first kappa shape index (κ1) is 15.6. The molecule has 0 aromatic heterocycles. The molecule has 19 heavy (non-hydrogen) atoms. The Morgan fingerprint density at radius 2 is 2.21 bits per heavy atom. The van der Waals surface area contributed by atoms with Crippen molar-refractivity contribution in [2.75, 3.05) is 6.54 Å². The van der Waals surface area contributed by atoms with E-state index in [0.717, 1.165) is 12.0 Å². The van der Waals surface area contributed by atoms with Crippen LogP contribution in [0.1, 0.15) is 32.3 Å². The van der Waals surface area contributed by atoms with Crippen molar-refractivity contribution < 1.29 is 14.3 Å². The minimum Gasteiger partial charge on any atom is -0.391 e. The van der Waals surface area contributed by atoms with E-state index in [0.29, 0.717) is 12.8 Å². The summed E-state index contributed by atoms with van der Waals surface area (Å²) in [4.78, 5) is 11.6. The third kappa shape index (κ3) is 5.83. The number of carbonyl (C=O) groups excluding carboxylic acids is 1. The van der Waals surface area contributed by atoms with Crippen molar-refractivity contribution in [1.29, 1.82) is 0 Å². The van der Waals surface area contributed by atoms with Crippen LogP contribution in [0.4, 0.5) is 4.39 Å². The number of aryl methyl sites for hydroxylation is 1. The number of nitrogens with one attached hydrogen (secondary N) is 1. The van der Waals surface area contributed by atoms with Crippen LogP contribution in [0.15, 0.2) is 24.3 Å². The quantitative estimate of drug-likeness (QED) is 0.796. The average molecular weight is 267 g/mol. The van der Waals surface area contributed by atoms with E-state index in [2.05, 4.69) is 5.32 Å². The predicted octanol–water partition coefficient (Wildman–Crippen LogP) is 2.28. The van der Waals surface area contributed by atoms with Crippen LogP contribution < -0.4 is 5.32 Å². The number of benzene rings is 1. The molecule has 2 atom stereocenters. The third-order valence-corrected chi connectivity index (χ3v) is 3.34. The van der Waals surface area contributed by atoms with Crippen LogP contribution in [0, 0.1) is 11.7 Å². The van der Waals surface area contributed by atoms with Crippen molar-refractivity contribution >= 4 is 5.91 Å². The highest BCUT2D eigenvalue weighted by Crippen LogP contribution is 2.07. The van der Waals surface area contributed by atoms with Gasteiger partial charge < -0.3 is 10.4 Å². The highest BCUT2D eigenvalue weighted by atomic mass is 19.1. The lowest BCUT2D eigenvalue weighted by Crippen LogP contribution is -2.35. The Labute approximate surface area is 113 Å². The molecule has 0 saturated carbocycles. The molecule has 0 bridgehead atoms. The molecular formula is C15H22FNO2. The van der Waals surface area contributed by atoms with Crippen LogP contribution in [0.3, 0.4) is 0 Å². The Balaban J connectivity index is 2.28. The van der Waals surface area contributed by atoms with E-state index in [-0.39, 0.29) is 24.2 Å². The van der Waals surface area contributed by atoms with Crippen LogP contribution in [0.5, 0.6) is 0 Å². The lowest BCUT2D eigenvalue weighted by Gasteiger charge is -2.17. The molecular weight excluding hydrogens is 245 g/mol. The molecule has 1 aromatic carbocycles. The van der Waals surface area contributed by atoms with Crippen LogP contribution in [0.25, 0.3) is 0 Å². The van der Waals surface area contributed by atoms with Gasteiger partial charge in [-0.25, -0.2) is 4.39 Å². The number of amides is 1. The van der Waals surface area contributed by atoms with Gasteiger partial charge >= 0.3 is 0 Å². The normalized spacial score (nSPS) is 13.9. The second kappa shape index (κ2) is 7.89. The summed E-state index contributed by atoms with van der Waals surface area (Å²) in [7, 11) is 0. The molecule has 0 heterocycles. The predicted molar refractivity (Wildman–Crippen MR) is 73.2 cm³/mol. The minimum atomic E-state index is -0.511. The van der Waals surface area contributed by atoms with Crippen LogP contribution in [-0.2, 0) is 11.2 Å². The van der Waals surface area contributed by atoms with Crippen LogP contribution in [-0.4, -0.2) is 23.7 Å². The fourth-order valence-corrected chi connectivity index (χ4v) is 1.73. The molecule has 106 valence electrons. The lowest BCUT2D eigenvalue weighted by molar-refractivity contribution is -0.121. The van der Waals surface area contributed by atoms with Crippen molar-refractivity contribution in [1.82, 2.24) is 5.32 Å². The summed E-state index contributed by atoms with van der Waals surface area (Å²) in [5.74, 6) is -0.236. The fraction of sp³-hybridized carbons (Fsp3) is 0.533. The van der Waals surface area contributed by atoms with Crippen molar-refractivity contribution in [3.8, 4) is 0 Å². The molecule has 0 aliphatic carbocycles. The number of aliphatic hydroxyl groups is 1. The Kier molecular flexibility index (Phi) is 6.50. The Morgan fingerprint density at radius 3 is 2.84 bits per heavy atom. The first-order valence-electron chi connectivity index (χ1n) is 6.72. The number of hydrogen-bond acceptors (Lipinski definition) is 2. The average Bonchev–Trinajstić information content (AvgIpc) is 2.41. The first-order valence-corrected chi connectivity index (χ1v) is 6.72. The monoisotopic (exact) mass is 267 g/mol. The van der Waals surface area contributed by atoms with Gasteiger partial charge in [0.1, 0.15) is 5.82 Å². The van der Waals surface area contributed by atoms with Crippen LogP contribution >= 0.6 is 0 Å². The van der Waals surface area contributed by atoms with Gasteiger partial charge in [-0.15, -0.1) is 0 Å². The molecule has 2 unspecified atom stereocenters. The van der Waals surface area contributed by atoms with Crippen LogP contribution in [0.2, 0.25) is 0 Å². The van der Waals surface area contributed by atoms with Crippen molar-refractivity contribution in [2.45, 2.75) is 39.2 Å². The van der Waals surface area contributed by atoms with Crippen molar-refractivity contribution in [2.24, 2.45) is 5.92 Å². The summed E-state index contributed by atoms with van der Waals surface area (Å²) in [6.07, 6.45) is 1.17. The van der Waals surface area contributed by atoms with Crippen molar-refractivity contribution in [3.05, 3.63) is 35.6 Å². The second-order valence-electron chi connectivity index (χ2n) is 4.89. The number of carbonyl (C=O) groups is 1. The molecule has 4 heteroatoms. The zero-order valence-corrected chi connectivity index (χ0v) is 11.5. The summed E-state index contributed by atoms with van der Waals surface area (Å²) >= 11 is 0. The Morgan fingerprint density at radius 1 is 1.47 bits per heavy atom. The van der Waals surface area contributed by atoms with Gasteiger partial charge in [-0.1, -0.05) is 32.4 Å². The van der Waals surface area contributed by atoms with E-state index in [1.807, 2.05) is 13.8 Å². The zero-order valence-electron chi connectivity index (χ0n) is 11.5. The van der Waals surface area contributed by atoms with E-state index in [9.17, 15) is 14.3 Å². The molecule has 1 amide bonds. The molecule has 2 N–H and O–H groups in total. The summed E-state index contributed by atoms with van der Waals surface area (Å²) in [5, 5.41) is 12.4. The Hall–Kier alpha value is -1.42. The topological polar surface area (TPSA) is 49.3 Å². The number of hydrogen-bond donors (Lipinski definition) is 2. The smallest absolute Gasteiger partial charge is 0.220 e. The maximum atomic E-state index is 12.9. The summed E-state index contributed by atoms with van der Waals surface area (Å²) in [5.41, 5.74) is 0.803. The van der Waals surface area contributed by atoms with Gasteiger partial charge in [0.25, 0.3) is 0 Å². The van der Waals surface area contributed by atoms with Gasteiger partial charge in [0.15, 0.2) is 0 Å². The molecule has 1 aromatic rings. The zero-order chi connectivity index (χ0) is 14.3. The first-order chi connectivity index (χ1) is 9.02. The molecule has 1 rings (SSSR count). The molecule has 0 aliphatic rings. The standard InChI is InChI=1S/C15H22FNO2/c1-3-11(2)14(18)10-17-15(19)8-7-12-5-4-6-13(16)9-12/h4-6,9,11,14,18H,3,7-8,10H2,1-2H3,(H,17,19). The van der Waals surface area contributed by atoms with Gasteiger partial charge in [-0.2, -0.15) is 0 Å². The molecule has 0 spiro atoms.